The zero-order chi connectivity index (χ0) is 26.1. The van der Waals surface area contributed by atoms with Gasteiger partial charge < -0.3 is 25.2 Å². The topological polar surface area (TPSA) is 116 Å². The van der Waals surface area contributed by atoms with Crippen LogP contribution in [0.2, 0.25) is 0 Å². The highest BCUT2D eigenvalue weighted by Gasteiger charge is 2.48. The predicted octanol–water partition coefficient (Wildman–Crippen LogP) is 3.99. The maximum Gasteiger partial charge on any atom is 0.329 e. The van der Waals surface area contributed by atoms with Gasteiger partial charge in [-0.3, -0.25) is 9.59 Å². The van der Waals surface area contributed by atoms with Crippen molar-refractivity contribution >= 4 is 17.8 Å². The van der Waals surface area contributed by atoms with Crippen molar-refractivity contribution in [3.63, 3.8) is 0 Å². The Labute approximate surface area is 208 Å². The zero-order valence-electron chi connectivity index (χ0n) is 21.8. The molecule has 1 aromatic carbocycles. The van der Waals surface area contributed by atoms with Gasteiger partial charge in [0.05, 0.1) is 6.10 Å². The first-order valence-corrected chi connectivity index (χ1v) is 12.6. The van der Waals surface area contributed by atoms with E-state index in [2.05, 4.69) is 33.0 Å². The van der Waals surface area contributed by atoms with Gasteiger partial charge in [0.2, 0.25) is 5.91 Å². The van der Waals surface area contributed by atoms with Crippen LogP contribution in [0.15, 0.2) is 18.2 Å². The average Bonchev–Trinajstić information content (AvgIpc) is 3.34. The SMILES string of the molecule is CC(CC1CCC(C)(C)C1(C)C)OC(=O)[C@@H]1CCCN1C(=O)[C@H](C)NC(=O)c1ccc(O)c(O)c1. The average molecular weight is 489 g/mol. The first kappa shape index (κ1) is 26.8. The van der Waals surface area contributed by atoms with E-state index in [1.54, 1.807) is 6.92 Å². The summed E-state index contributed by atoms with van der Waals surface area (Å²) in [5.41, 5.74) is 0.518. The van der Waals surface area contributed by atoms with E-state index in [1.807, 2.05) is 6.92 Å². The van der Waals surface area contributed by atoms with Crippen LogP contribution in [-0.4, -0.2) is 57.6 Å². The summed E-state index contributed by atoms with van der Waals surface area (Å²) in [7, 11) is 0. The van der Waals surface area contributed by atoms with Gasteiger partial charge in [-0.25, -0.2) is 4.79 Å². The van der Waals surface area contributed by atoms with Gasteiger partial charge in [0.15, 0.2) is 11.5 Å². The number of carbonyl (C=O) groups is 3. The van der Waals surface area contributed by atoms with Crippen molar-refractivity contribution in [1.29, 1.82) is 0 Å². The highest BCUT2D eigenvalue weighted by molar-refractivity contribution is 5.98. The molecule has 1 aliphatic heterocycles. The number of phenols is 2. The minimum atomic E-state index is -0.870. The number of nitrogens with one attached hydrogen (secondary N) is 1. The van der Waals surface area contributed by atoms with Gasteiger partial charge in [-0.05, 0) is 80.9 Å². The van der Waals surface area contributed by atoms with Crippen LogP contribution in [0.25, 0.3) is 0 Å². The molecule has 2 fully saturated rings. The highest BCUT2D eigenvalue weighted by atomic mass is 16.5. The lowest BCUT2D eigenvalue weighted by molar-refractivity contribution is -0.158. The molecule has 0 bridgehead atoms. The number of hydrogen-bond acceptors (Lipinski definition) is 6. The maximum absolute atomic E-state index is 13.1. The molecule has 3 rings (SSSR count). The van der Waals surface area contributed by atoms with Gasteiger partial charge >= 0.3 is 5.97 Å². The van der Waals surface area contributed by atoms with E-state index in [0.29, 0.717) is 25.3 Å². The first-order chi connectivity index (χ1) is 16.2. The van der Waals surface area contributed by atoms with E-state index in [4.69, 9.17) is 4.74 Å². The fourth-order valence-electron chi connectivity index (χ4n) is 5.44. The monoisotopic (exact) mass is 488 g/mol. The number of likely N-dealkylation sites (tertiary alicyclic amines) is 1. The number of aromatic hydroxyl groups is 2. The van der Waals surface area contributed by atoms with Crippen molar-refractivity contribution in [3.8, 4) is 11.5 Å². The third kappa shape index (κ3) is 5.57. The van der Waals surface area contributed by atoms with E-state index in [1.165, 1.54) is 17.0 Å². The van der Waals surface area contributed by atoms with Crippen LogP contribution in [0, 0.1) is 16.7 Å². The Hall–Kier alpha value is -2.77. The third-order valence-corrected chi connectivity index (χ3v) is 8.58. The van der Waals surface area contributed by atoms with Crippen molar-refractivity contribution in [1.82, 2.24) is 10.2 Å². The second kappa shape index (κ2) is 10.1. The molecule has 1 aromatic rings. The lowest BCUT2D eigenvalue weighted by Crippen LogP contribution is -2.51. The molecule has 35 heavy (non-hydrogen) atoms. The van der Waals surface area contributed by atoms with Gasteiger partial charge in [0.1, 0.15) is 12.1 Å². The van der Waals surface area contributed by atoms with Crippen molar-refractivity contribution in [3.05, 3.63) is 23.8 Å². The summed E-state index contributed by atoms with van der Waals surface area (Å²) >= 11 is 0. The molecule has 1 saturated carbocycles. The number of carbonyl (C=O) groups excluding carboxylic acids is 3. The summed E-state index contributed by atoms with van der Waals surface area (Å²) in [4.78, 5) is 40.1. The highest BCUT2D eigenvalue weighted by Crippen LogP contribution is 2.57. The summed E-state index contributed by atoms with van der Waals surface area (Å²) < 4.78 is 5.82. The quantitative estimate of drug-likeness (QED) is 0.395. The smallest absolute Gasteiger partial charge is 0.329 e. The van der Waals surface area contributed by atoms with Crippen molar-refractivity contribution in [2.24, 2.45) is 16.7 Å². The van der Waals surface area contributed by atoms with Gasteiger partial charge in [-0.15, -0.1) is 0 Å². The molecule has 194 valence electrons. The second-order valence-electron chi connectivity index (χ2n) is 11.4. The summed E-state index contributed by atoms with van der Waals surface area (Å²) in [6.45, 7) is 13.1. The van der Waals surface area contributed by atoms with Crippen LogP contribution in [-0.2, 0) is 14.3 Å². The molecule has 2 aliphatic rings. The number of nitrogens with zero attached hydrogens (tertiary/aromatic N) is 1. The summed E-state index contributed by atoms with van der Waals surface area (Å²) in [5.74, 6) is -1.59. The van der Waals surface area contributed by atoms with Crippen molar-refractivity contribution in [2.75, 3.05) is 6.54 Å². The molecular formula is C27H40N2O6. The van der Waals surface area contributed by atoms with Crippen LogP contribution in [0.1, 0.15) is 84.0 Å². The number of hydrogen-bond donors (Lipinski definition) is 3. The molecule has 1 heterocycles. The van der Waals surface area contributed by atoms with E-state index in [0.717, 1.165) is 25.3 Å². The Morgan fingerprint density at radius 3 is 2.40 bits per heavy atom. The van der Waals surface area contributed by atoms with E-state index in [-0.39, 0.29) is 40.1 Å². The normalized spacial score (nSPS) is 24.6. The largest absolute Gasteiger partial charge is 0.504 e. The van der Waals surface area contributed by atoms with E-state index < -0.39 is 23.7 Å². The second-order valence-corrected chi connectivity index (χ2v) is 11.4. The van der Waals surface area contributed by atoms with Crippen molar-refractivity contribution < 1.29 is 29.3 Å². The molecular weight excluding hydrogens is 448 g/mol. The molecule has 1 aliphatic carbocycles. The number of rotatable bonds is 7. The molecule has 3 N–H and O–H groups in total. The minimum Gasteiger partial charge on any atom is -0.504 e. The minimum absolute atomic E-state index is 0.115. The lowest BCUT2D eigenvalue weighted by atomic mass is 9.66. The fraction of sp³-hybridized carbons (Fsp3) is 0.667. The van der Waals surface area contributed by atoms with Gasteiger partial charge in [0.25, 0.3) is 5.91 Å². The zero-order valence-corrected chi connectivity index (χ0v) is 21.8. The Morgan fingerprint density at radius 1 is 1.11 bits per heavy atom. The number of esters is 1. The Bertz CT molecular complexity index is 972. The number of phenolic OH excluding ortho intramolecular Hbond substituents is 2. The Kier molecular flexibility index (Phi) is 7.72. The number of benzene rings is 1. The maximum atomic E-state index is 13.1. The fourth-order valence-corrected chi connectivity index (χ4v) is 5.44. The molecule has 2 unspecified atom stereocenters. The summed E-state index contributed by atoms with van der Waals surface area (Å²) in [6.07, 6.45) is 4.06. The Morgan fingerprint density at radius 2 is 1.80 bits per heavy atom. The van der Waals surface area contributed by atoms with Gasteiger partial charge in [-0.1, -0.05) is 27.7 Å². The molecule has 1 saturated heterocycles. The molecule has 8 nitrogen and oxygen atoms in total. The van der Waals surface area contributed by atoms with E-state index in [9.17, 15) is 24.6 Å². The van der Waals surface area contributed by atoms with Crippen LogP contribution in [0.4, 0.5) is 0 Å². The molecule has 0 spiro atoms. The lowest BCUT2D eigenvalue weighted by Gasteiger charge is -2.40. The van der Waals surface area contributed by atoms with Crippen molar-refractivity contribution in [2.45, 2.75) is 91.8 Å². The Balaban J connectivity index is 1.57. The van der Waals surface area contributed by atoms with Crippen LogP contribution in [0.5, 0.6) is 11.5 Å². The van der Waals surface area contributed by atoms with Crippen LogP contribution >= 0.6 is 0 Å². The van der Waals surface area contributed by atoms with Gasteiger partial charge in [-0.2, -0.15) is 0 Å². The number of amides is 2. The molecule has 2 amide bonds. The third-order valence-electron chi connectivity index (χ3n) is 8.58. The summed E-state index contributed by atoms with van der Waals surface area (Å²) in [5, 5.41) is 21.7. The number of ether oxygens (including phenoxy) is 1. The molecule has 8 heteroatoms. The van der Waals surface area contributed by atoms with E-state index >= 15 is 0 Å². The standard InChI is InChI=1S/C27H40N2O6/c1-16(14-19-11-12-26(3,4)27(19,5)6)35-25(34)20-8-7-13-29(20)24(33)17(2)28-23(32)18-9-10-21(30)22(31)15-18/h9-10,15-17,19-20,30-31H,7-8,11-14H2,1-6H3,(H,28,32)/t16?,17-,19?,20-/m0/s1. The predicted molar refractivity (Wildman–Crippen MR) is 132 cm³/mol. The van der Waals surface area contributed by atoms with Crippen LogP contribution in [0.3, 0.4) is 0 Å². The molecule has 4 atom stereocenters. The first-order valence-electron chi connectivity index (χ1n) is 12.6. The molecule has 0 aromatic heterocycles. The van der Waals surface area contributed by atoms with Gasteiger partial charge in [0, 0.05) is 12.1 Å². The molecule has 0 radical (unpaired) electrons. The summed E-state index contributed by atoms with van der Waals surface area (Å²) in [6, 6.07) is 2.16. The van der Waals surface area contributed by atoms with Crippen LogP contribution < -0.4 is 5.32 Å².